The van der Waals surface area contributed by atoms with Crippen LogP contribution in [-0.4, -0.2) is 18.2 Å². The average molecular weight is 187 g/mol. The normalized spacial score (nSPS) is 9.17. The Balaban J connectivity index is 2.69. The summed E-state index contributed by atoms with van der Waals surface area (Å²) >= 11 is 5.57. The molecule has 1 aromatic rings. The van der Waals surface area contributed by atoms with Crippen molar-refractivity contribution in [2.24, 2.45) is 0 Å². The molecule has 0 aliphatic rings. The zero-order valence-electron chi connectivity index (χ0n) is 6.37. The van der Waals surface area contributed by atoms with E-state index < -0.39 is 6.09 Å². The van der Waals surface area contributed by atoms with Crippen molar-refractivity contribution in [1.29, 1.82) is 0 Å². The molecule has 12 heavy (non-hydrogen) atoms. The first-order valence-electron chi connectivity index (χ1n) is 3.19. The molecule has 0 saturated heterocycles. The van der Waals surface area contributed by atoms with Gasteiger partial charge >= 0.3 is 6.09 Å². The van der Waals surface area contributed by atoms with Gasteiger partial charge < -0.3 is 4.74 Å². The molecule has 1 heterocycles. The molecule has 0 bridgehead atoms. The van der Waals surface area contributed by atoms with Crippen LogP contribution in [0.3, 0.4) is 0 Å². The molecule has 0 fully saturated rings. The standard InChI is InChI=1S/C7H7ClN2O2/c1-12-7(11)10-5-2-3-9-6(8)4-5/h2-4H,1H3,(H,9,10,11). The number of aromatic nitrogens is 1. The van der Waals surface area contributed by atoms with Gasteiger partial charge in [-0.2, -0.15) is 0 Å². The highest BCUT2D eigenvalue weighted by molar-refractivity contribution is 6.29. The largest absolute Gasteiger partial charge is 0.453 e. The molecule has 1 amide bonds. The van der Waals surface area contributed by atoms with Gasteiger partial charge in [0.25, 0.3) is 0 Å². The van der Waals surface area contributed by atoms with Gasteiger partial charge in [0.15, 0.2) is 0 Å². The molecule has 64 valence electrons. The SMILES string of the molecule is COC(=O)Nc1ccnc(Cl)c1. The number of ether oxygens (including phenoxy) is 1. The van der Waals surface area contributed by atoms with Gasteiger partial charge in [0, 0.05) is 11.9 Å². The van der Waals surface area contributed by atoms with Crippen molar-refractivity contribution in [2.45, 2.75) is 0 Å². The number of hydrogen-bond acceptors (Lipinski definition) is 3. The monoisotopic (exact) mass is 186 g/mol. The number of carbonyl (C=O) groups excluding carboxylic acids is 1. The van der Waals surface area contributed by atoms with Crippen LogP contribution in [0.4, 0.5) is 10.5 Å². The van der Waals surface area contributed by atoms with E-state index >= 15 is 0 Å². The number of hydrogen-bond donors (Lipinski definition) is 1. The van der Waals surface area contributed by atoms with E-state index in [9.17, 15) is 4.79 Å². The van der Waals surface area contributed by atoms with E-state index in [2.05, 4.69) is 15.0 Å². The summed E-state index contributed by atoms with van der Waals surface area (Å²) in [6.07, 6.45) is 0.963. The van der Waals surface area contributed by atoms with Gasteiger partial charge in [0.1, 0.15) is 5.15 Å². The summed E-state index contributed by atoms with van der Waals surface area (Å²) in [5.74, 6) is 0. The topological polar surface area (TPSA) is 51.2 Å². The molecular formula is C7H7ClN2O2. The van der Waals surface area contributed by atoms with Crippen molar-refractivity contribution in [3.8, 4) is 0 Å². The Labute approximate surface area is 74.5 Å². The maximum atomic E-state index is 10.7. The van der Waals surface area contributed by atoms with E-state index in [1.807, 2.05) is 0 Å². The van der Waals surface area contributed by atoms with E-state index in [1.54, 1.807) is 6.07 Å². The number of nitrogens with one attached hydrogen (secondary N) is 1. The number of carbonyl (C=O) groups is 1. The summed E-state index contributed by atoms with van der Waals surface area (Å²) in [6.45, 7) is 0. The molecule has 0 unspecified atom stereocenters. The molecule has 0 aliphatic heterocycles. The summed E-state index contributed by atoms with van der Waals surface area (Å²) in [4.78, 5) is 14.4. The lowest BCUT2D eigenvalue weighted by Gasteiger charge is -2.02. The number of amides is 1. The second-order valence-electron chi connectivity index (χ2n) is 1.98. The number of anilines is 1. The summed E-state index contributed by atoms with van der Waals surface area (Å²) in [6, 6.07) is 3.14. The Kier molecular flexibility index (Phi) is 2.88. The van der Waals surface area contributed by atoms with Gasteiger partial charge in [-0.3, -0.25) is 5.32 Å². The molecule has 1 aromatic heterocycles. The first-order valence-corrected chi connectivity index (χ1v) is 3.56. The molecule has 1 N–H and O–H groups in total. The Morgan fingerprint density at radius 2 is 2.50 bits per heavy atom. The predicted molar refractivity (Wildman–Crippen MR) is 45.3 cm³/mol. The van der Waals surface area contributed by atoms with Crippen molar-refractivity contribution < 1.29 is 9.53 Å². The first kappa shape index (κ1) is 8.80. The number of rotatable bonds is 1. The van der Waals surface area contributed by atoms with Crippen molar-refractivity contribution >= 4 is 23.4 Å². The van der Waals surface area contributed by atoms with Gasteiger partial charge in [0.2, 0.25) is 0 Å². The Morgan fingerprint density at radius 1 is 1.75 bits per heavy atom. The molecule has 0 atom stereocenters. The van der Waals surface area contributed by atoms with Gasteiger partial charge in [-0.15, -0.1) is 0 Å². The molecule has 0 aliphatic carbocycles. The molecule has 1 rings (SSSR count). The highest BCUT2D eigenvalue weighted by Gasteiger charge is 1.99. The number of nitrogens with zero attached hydrogens (tertiary/aromatic N) is 1. The summed E-state index contributed by atoms with van der Waals surface area (Å²) in [5.41, 5.74) is 0.557. The molecule has 5 heteroatoms. The minimum atomic E-state index is -0.530. The van der Waals surface area contributed by atoms with Crippen molar-refractivity contribution in [3.63, 3.8) is 0 Å². The smallest absolute Gasteiger partial charge is 0.411 e. The van der Waals surface area contributed by atoms with Crippen LogP contribution in [0, 0.1) is 0 Å². The quantitative estimate of drug-likeness (QED) is 0.682. The maximum Gasteiger partial charge on any atom is 0.411 e. The molecular weight excluding hydrogens is 180 g/mol. The summed E-state index contributed by atoms with van der Waals surface area (Å²) in [7, 11) is 1.29. The van der Waals surface area contributed by atoms with Crippen LogP contribution in [0.1, 0.15) is 0 Å². The van der Waals surface area contributed by atoms with Crippen LogP contribution in [-0.2, 0) is 4.74 Å². The highest BCUT2D eigenvalue weighted by Crippen LogP contribution is 2.11. The fraction of sp³-hybridized carbons (Fsp3) is 0.143. The van der Waals surface area contributed by atoms with E-state index in [0.717, 1.165) is 0 Å². The average Bonchev–Trinajstić information content (AvgIpc) is 2.04. The van der Waals surface area contributed by atoms with Crippen LogP contribution in [0.25, 0.3) is 0 Å². The molecule has 0 radical (unpaired) electrons. The highest BCUT2D eigenvalue weighted by atomic mass is 35.5. The van der Waals surface area contributed by atoms with Gasteiger partial charge in [0.05, 0.1) is 7.11 Å². The van der Waals surface area contributed by atoms with Crippen LogP contribution < -0.4 is 5.32 Å². The van der Waals surface area contributed by atoms with Crippen molar-refractivity contribution in [3.05, 3.63) is 23.5 Å². The molecule has 0 spiro atoms. The third-order valence-electron chi connectivity index (χ3n) is 1.16. The van der Waals surface area contributed by atoms with E-state index in [1.165, 1.54) is 19.4 Å². The van der Waals surface area contributed by atoms with Crippen LogP contribution >= 0.6 is 11.6 Å². The molecule has 0 saturated carbocycles. The summed E-state index contributed by atoms with van der Waals surface area (Å²) < 4.78 is 4.38. The van der Waals surface area contributed by atoms with Gasteiger partial charge in [-0.25, -0.2) is 9.78 Å². The van der Waals surface area contributed by atoms with Crippen LogP contribution in [0.2, 0.25) is 5.15 Å². The zero-order chi connectivity index (χ0) is 8.97. The van der Waals surface area contributed by atoms with Crippen LogP contribution in [0.15, 0.2) is 18.3 Å². The van der Waals surface area contributed by atoms with Gasteiger partial charge in [-0.1, -0.05) is 11.6 Å². The zero-order valence-corrected chi connectivity index (χ0v) is 7.13. The number of methoxy groups -OCH3 is 1. The third kappa shape index (κ3) is 2.39. The second-order valence-corrected chi connectivity index (χ2v) is 2.37. The first-order chi connectivity index (χ1) is 5.72. The lowest BCUT2D eigenvalue weighted by atomic mass is 10.4. The predicted octanol–water partition coefficient (Wildman–Crippen LogP) is 1.91. The summed E-state index contributed by atoms with van der Waals surface area (Å²) in [5, 5.41) is 2.77. The van der Waals surface area contributed by atoms with Crippen molar-refractivity contribution in [1.82, 2.24) is 4.98 Å². The van der Waals surface area contributed by atoms with E-state index in [0.29, 0.717) is 10.8 Å². The van der Waals surface area contributed by atoms with E-state index in [4.69, 9.17) is 11.6 Å². The van der Waals surface area contributed by atoms with Crippen molar-refractivity contribution in [2.75, 3.05) is 12.4 Å². The molecule has 0 aromatic carbocycles. The lowest BCUT2D eigenvalue weighted by Crippen LogP contribution is -2.10. The van der Waals surface area contributed by atoms with Crippen LogP contribution in [0.5, 0.6) is 0 Å². The Bertz CT molecular complexity index is 290. The minimum absolute atomic E-state index is 0.323. The Hall–Kier alpha value is -1.29. The Morgan fingerprint density at radius 3 is 3.08 bits per heavy atom. The maximum absolute atomic E-state index is 10.7. The third-order valence-corrected chi connectivity index (χ3v) is 1.37. The van der Waals surface area contributed by atoms with Gasteiger partial charge in [-0.05, 0) is 12.1 Å². The fourth-order valence-corrected chi connectivity index (χ4v) is 0.823. The molecule has 4 nitrogen and oxygen atoms in total. The second kappa shape index (κ2) is 3.92. The lowest BCUT2D eigenvalue weighted by molar-refractivity contribution is 0.187. The number of pyridine rings is 1. The van der Waals surface area contributed by atoms with E-state index in [-0.39, 0.29) is 0 Å². The number of halogens is 1. The minimum Gasteiger partial charge on any atom is -0.453 e. The fourth-order valence-electron chi connectivity index (χ4n) is 0.649.